The van der Waals surface area contributed by atoms with E-state index in [2.05, 4.69) is 59.8 Å². The van der Waals surface area contributed by atoms with Crippen molar-refractivity contribution in [3.8, 4) is 0 Å². The van der Waals surface area contributed by atoms with E-state index in [0.717, 1.165) is 42.4 Å². The maximum absolute atomic E-state index is 12.0. The van der Waals surface area contributed by atoms with Crippen molar-refractivity contribution in [2.24, 2.45) is 46.3 Å². The second-order valence-electron chi connectivity index (χ2n) is 11.9. The SMILES string of the molecule is C/C=C(/CC[C@@H](C)[C@H]1CC[C@H]2[C@@H]3C=CC4=CC(=O)CC[C@]4(C)[C@H]3CC[C@]12C)C(C)C. The Balaban J connectivity index is 1.52. The number of carbonyl (C=O) groups excluding carboxylic acids is 1. The molecule has 0 heterocycles. The number of ketones is 1. The quantitative estimate of drug-likeness (QED) is 0.422. The topological polar surface area (TPSA) is 17.1 Å². The van der Waals surface area contributed by atoms with Crippen molar-refractivity contribution < 1.29 is 4.79 Å². The monoisotopic (exact) mass is 408 g/mol. The Morgan fingerprint density at radius 3 is 2.60 bits per heavy atom. The van der Waals surface area contributed by atoms with E-state index < -0.39 is 0 Å². The van der Waals surface area contributed by atoms with Crippen molar-refractivity contribution in [3.63, 3.8) is 0 Å². The third kappa shape index (κ3) is 3.49. The van der Waals surface area contributed by atoms with Crippen molar-refractivity contribution in [1.29, 1.82) is 0 Å². The zero-order valence-electron chi connectivity index (χ0n) is 20.3. The molecule has 0 spiro atoms. The van der Waals surface area contributed by atoms with Crippen molar-refractivity contribution in [1.82, 2.24) is 0 Å². The van der Waals surface area contributed by atoms with Gasteiger partial charge < -0.3 is 0 Å². The first-order chi connectivity index (χ1) is 14.2. The maximum atomic E-state index is 12.0. The summed E-state index contributed by atoms with van der Waals surface area (Å²) in [6, 6.07) is 0. The molecule has 4 aliphatic carbocycles. The van der Waals surface area contributed by atoms with E-state index in [-0.39, 0.29) is 5.41 Å². The van der Waals surface area contributed by atoms with Gasteiger partial charge in [-0.1, -0.05) is 58.4 Å². The van der Waals surface area contributed by atoms with Crippen molar-refractivity contribution in [3.05, 3.63) is 35.5 Å². The minimum atomic E-state index is 0.233. The van der Waals surface area contributed by atoms with Gasteiger partial charge in [0.1, 0.15) is 0 Å². The molecule has 7 atom stereocenters. The maximum Gasteiger partial charge on any atom is 0.156 e. The summed E-state index contributed by atoms with van der Waals surface area (Å²) in [6.07, 6.45) is 19.2. The van der Waals surface area contributed by atoms with Crippen LogP contribution in [0.1, 0.15) is 92.9 Å². The van der Waals surface area contributed by atoms with Crippen LogP contribution in [0.3, 0.4) is 0 Å². The summed E-state index contributed by atoms with van der Waals surface area (Å²) < 4.78 is 0. The molecule has 0 aromatic heterocycles. The fourth-order valence-corrected chi connectivity index (χ4v) is 8.33. The van der Waals surface area contributed by atoms with E-state index in [0.29, 0.717) is 17.1 Å². The summed E-state index contributed by atoms with van der Waals surface area (Å²) >= 11 is 0. The van der Waals surface area contributed by atoms with Crippen molar-refractivity contribution in [2.45, 2.75) is 92.9 Å². The lowest BCUT2D eigenvalue weighted by atomic mass is 9.48. The molecule has 0 radical (unpaired) electrons. The van der Waals surface area contributed by atoms with E-state index in [1.54, 1.807) is 5.57 Å². The molecular weight excluding hydrogens is 364 g/mol. The molecule has 166 valence electrons. The Morgan fingerprint density at radius 2 is 1.90 bits per heavy atom. The minimum absolute atomic E-state index is 0.233. The molecule has 0 N–H and O–H groups in total. The Morgan fingerprint density at radius 1 is 1.13 bits per heavy atom. The zero-order valence-corrected chi connectivity index (χ0v) is 20.3. The van der Waals surface area contributed by atoms with Crippen LogP contribution >= 0.6 is 0 Å². The Hall–Kier alpha value is -1.11. The molecule has 4 rings (SSSR count). The summed E-state index contributed by atoms with van der Waals surface area (Å²) in [5, 5.41) is 0. The second kappa shape index (κ2) is 8.10. The molecule has 1 nitrogen and oxygen atoms in total. The third-order valence-corrected chi connectivity index (χ3v) is 10.3. The van der Waals surface area contributed by atoms with Gasteiger partial charge in [-0.25, -0.2) is 0 Å². The van der Waals surface area contributed by atoms with Crippen LogP contribution in [-0.2, 0) is 4.79 Å². The number of carbonyl (C=O) groups is 1. The third-order valence-electron chi connectivity index (χ3n) is 10.3. The first-order valence-corrected chi connectivity index (χ1v) is 12.8. The highest BCUT2D eigenvalue weighted by Crippen LogP contribution is 2.66. The first-order valence-electron chi connectivity index (χ1n) is 12.8. The molecule has 0 unspecified atom stereocenters. The van der Waals surface area contributed by atoms with Crippen LogP contribution in [0.5, 0.6) is 0 Å². The van der Waals surface area contributed by atoms with Gasteiger partial charge >= 0.3 is 0 Å². The number of rotatable bonds is 5. The van der Waals surface area contributed by atoms with Crippen LogP contribution in [0.2, 0.25) is 0 Å². The van der Waals surface area contributed by atoms with Crippen LogP contribution in [0.25, 0.3) is 0 Å². The average Bonchev–Trinajstić information content (AvgIpc) is 3.06. The van der Waals surface area contributed by atoms with Crippen molar-refractivity contribution in [2.75, 3.05) is 0 Å². The average molecular weight is 409 g/mol. The summed E-state index contributed by atoms with van der Waals surface area (Å²) in [7, 11) is 0. The fourth-order valence-electron chi connectivity index (χ4n) is 8.33. The second-order valence-corrected chi connectivity index (χ2v) is 11.9. The number of fused-ring (bicyclic) bond motifs is 5. The molecule has 0 aromatic carbocycles. The van der Waals surface area contributed by atoms with Gasteiger partial charge in [0, 0.05) is 6.42 Å². The lowest BCUT2D eigenvalue weighted by molar-refractivity contribution is -0.116. The zero-order chi connectivity index (χ0) is 21.7. The van der Waals surface area contributed by atoms with Gasteiger partial charge in [-0.15, -0.1) is 0 Å². The molecule has 1 heteroatoms. The summed E-state index contributed by atoms with van der Waals surface area (Å²) in [5.41, 5.74) is 3.70. The molecule has 0 aromatic rings. The molecule has 0 amide bonds. The Labute approximate surface area is 185 Å². The van der Waals surface area contributed by atoms with Gasteiger partial charge in [0.2, 0.25) is 0 Å². The van der Waals surface area contributed by atoms with E-state index in [1.165, 1.54) is 44.1 Å². The van der Waals surface area contributed by atoms with Gasteiger partial charge in [-0.05, 0) is 110 Å². The highest BCUT2D eigenvalue weighted by molar-refractivity contribution is 5.92. The molecule has 0 saturated heterocycles. The summed E-state index contributed by atoms with van der Waals surface area (Å²) in [4.78, 5) is 12.0. The minimum Gasteiger partial charge on any atom is -0.295 e. The fraction of sp³-hybridized carbons (Fsp3) is 0.759. The lowest BCUT2D eigenvalue weighted by Gasteiger charge is -2.56. The smallest absolute Gasteiger partial charge is 0.156 e. The van der Waals surface area contributed by atoms with E-state index in [4.69, 9.17) is 0 Å². The van der Waals surface area contributed by atoms with Gasteiger partial charge in [0.15, 0.2) is 5.78 Å². The number of hydrogen-bond acceptors (Lipinski definition) is 1. The van der Waals surface area contributed by atoms with Gasteiger partial charge in [0.25, 0.3) is 0 Å². The van der Waals surface area contributed by atoms with Gasteiger partial charge in [0.05, 0.1) is 0 Å². The van der Waals surface area contributed by atoms with Crippen LogP contribution < -0.4 is 0 Å². The molecule has 2 saturated carbocycles. The van der Waals surface area contributed by atoms with Crippen LogP contribution in [0.15, 0.2) is 35.5 Å². The predicted octanol–water partition coefficient (Wildman–Crippen LogP) is 7.93. The van der Waals surface area contributed by atoms with E-state index in [9.17, 15) is 4.79 Å². The van der Waals surface area contributed by atoms with Gasteiger partial charge in [-0.3, -0.25) is 4.79 Å². The molecule has 2 fully saturated rings. The molecule has 0 aliphatic heterocycles. The largest absolute Gasteiger partial charge is 0.295 e. The highest BCUT2D eigenvalue weighted by Gasteiger charge is 2.58. The Kier molecular flexibility index (Phi) is 5.97. The van der Waals surface area contributed by atoms with Crippen LogP contribution in [0, 0.1) is 46.3 Å². The van der Waals surface area contributed by atoms with E-state index >= 15 is 0 Å². The first kappa shape index (κ1) is 22.1. The van der Waals surface area contributed by atoms with Crippen LogP contribution in [0.4, 0.5) is 0 Å². The Bertz CT molecular complexity index is 767. The molecule has 4 aliphatic rings. The molecule has 0 bridgehead atoms. The van der Waals surface area contributed by atoms with Gasteiger partial charge in [-0.2, -0.15) is 0 Å². The summed E-state index contributed by atoms with van der Waals surface area (Å²) in [6.45, 7) is 14.6. The highest BCUT2D eigenvalue weighted by atomic mass is 16.1. The van der Waals surface area contributed by atoms with E-state index in [1.807, 2.05) is 6.08 Å². The summed E-state index contributed by atoms with van der Waals surface area (Å²) in [5.74, 6) is 5.01. The molecule has 30 heavy (non-hydrogen) atoms. The standard InChI is InChI=1S/C29H44O/c1-7-21(19(2)3)9-8-20(4)25-12-13-26-24-11-10-22-18-23(30)14-16-28(22,5)27(24)15-17-29(25,26)6/h7,10-11,18-20,24-27H,8-9,12-17H2,1-6H3/b21-7-/t20-,24+,25-,26+,27+,28+,29-/m1/s1. The molecular formula is C29H44O. The predicted molar refractivity (Wildman–Crippen MR) is 127 cm³/mol. The van der Waals surface area contributed by atoms with Crippen molar-refractivity contribution >= 4 is 5.78 Å². The lowest BCUT2D eigenvalue weighted by Crippen LogP contribution is -2.49. The number of allylic oxidation sites excluding steroid dienone is 6. The van der Waals surface area contributed by atoms with Crippen LogP contribution in [-0.4, -0.2) is 5.78 Å². The number of hydrogen-bond donors (Lipinski definition) is 0. The normalized spacial score (nSPS) is 41.9.